The molecule has 0 unspecified atom stereocenters. The normalized spacial score (nSPS) is 20.8. The number of ether oxygens (including phenoxy) is 1. The number of aromatic nitrogens is 1. The molecular formula is C23H30N4O3. The van der Waals surface area contributed by atoms with Crippen molar-refractivity contribution in [3.63, 3.8) is 0 Å². The zero-order valence-corrected chi connectivity index (χ0v) is 17.6. The van der Waals surface area contributed by atoms with E-state index in [0.29, 0.717) is 31.3 Å². The second-order valence-corrected chi connectivity index (χ2v) is 7.95. The Morgan fingerprint density at radius 1 is 1.20 bits per heavy atom. The third-order valence-corrected chi connectivity index (χ3v) is 5.84. The maximum atomic E-state index is 12.6. The fourth-order valence-corrected chi connectivity index (χ4v) is 3.88. The quantitative estimate of drug-likeness (QED) is 0.698. The molecule has 0 aliphatic carbocycles. The zero-order chi connectivity index (χ0) is 20.8. The summed E-state index contributed by atoms with van der Waals surface area (Å²) in [5.41, 5.74) is 1.61. The second-order valence-electron chi connectivity index (χ2n) is 7.95. The average Bonchev–Trinajstić information content (AvgIpc) is 3.47. The maximum Gasteiger partial charge on any atom is 0.275 e. The second kappa shape index (κ2) is 10.0. The minimum atomic E-state index is -0.101. The van der Waals surface area contributed by atoms with Crippen LogP contribution in [0.3, 0.4) is 0 Å². The molecule has 1 atom stereocenters. The monoisotopic (exact) mass is 410 g/mol. The van der Waals surface area contributed by atoms with E-state index in [1.165, 1.54) is 11.8 Å². The summed E-state index contributed by atoms with van der Waals surface area (Å²) < 4.78 is 11.0. The molecule has 2 aliphatic heterocycles. The highest BCUT2D eigenvalue weighted by molar-refractivity contribution is 5.92. The summed E-state index contributed by atoms with van der Waals surface area (Å²) >= 11 is 0. The molecule has 0 radical (unpaired) electrons. The minimum Gasteiger partial charge on any atom is -0.447 e. The third kappa shape index (κ3) is 5.36. The van der Waals surface area contributed by atoms with Crippen LogP contribution in [-0.4, -0.2) is 84.6 Å². The fourth-order valence-electron chi connectivity index (χ4n) is 3.88. The average molecular weight is 411 g/mol. The predicted molar refractivity (Wildman–Crippen MR) is 115 cm³/mol. The smallest absolute Gasteiger partial charge is 0.275 e. The molecule has 0 spiro atoms. The summed E-state index contributed by atoms with van der Waals surface area (Å²) in [5, 5.41) is 0. The van der Waals surface area contributed by atoms with Crippen LogP contribution in [0.15, 0.2) is 47.1 Å². The van der Waals surface area contributed by atoms with Crippen molar-refractivity contribution in [2.45, 2.75) is 19.0 Å². The van der Waals surface area contributed by atoms with Crippen LogP contribution in [-0.2, 0) is 11.3 Å². The molecule has 2 fully saturated rings. The molecule has 0 saturated carbocycles. The van der Waals surface area contributed by atoms with Gasteiger partial charge in [-0.2, -0.15) is 0 Å². The Bertz CT molecular complexity index is 837. The van der Waals surface area contributed by atoms with Gasteiger partial charge in [-0.05, 0) is 12.0 Å². The van der Waals surface area contributed by atoms with Gasteiger partial charge in [0.15, 0.2) is 5.69 Å². The Balaban J connectivity index is 1.21. The molecule has 4 rings (SSSR count). The van der Waals surface area contributed by atoms with Crippen molar-refractivity contribution in [2.75, 3.05) is 53.0 Å². The number of amides is 1. The van der Waals surface area contributed by atoms with Gasteiger partial charge in [-0.1, -0.05) is 42.5 Å². The van der Waals surface area contributed by atoms with E-state index in [1.54, 1.807) is 4.90 Å². The molecule has 2 aliphatic rings. The Kier molecular flexibility index (Phi) is 6.94. The van der Waals surface area contributed by atoms with E-state index in [-0.39, 0.29) is 11.9 Å². The molecule has 1 aromatic carbocycles. The number of carbonyl (C=O) groups is 1. The molecule has 7 nitrogen and oxygen atoms in total. The van der Waals surface area contributed by atoms with Crippen molar-refractivity contribution in [2.24, 2.45) is 0 Å². The van der Waals surface area contributed by atoms with Crippen LogP contribution in [0.5, 0.6) is 0 Å². The maximum absolute atomic E-state index is 12.6. The van der Waals surface area contributed by atoms with Gasteiger partial charge in [0.2, 0.25) is 5.89 Å². The van der Waals surface area contributed by atoms with Gasteiger partial charge in [-0.15, -0.1) is 0 Å². The number of carbonyl (C=O) groups excluding carboxylic acids is 1. The first-order valence-corrected chi connectivity index (χ1v) is 10.6. The van der Waals surface area contributed by atoms with E-state index >= 15 is 0 Å². The topological polar surface area (TPSA) is 62.1 Å². The van der Waals surface area contributed by atoms with Gasteiger partial charge < -0.3 is 14.1 Å². The molecule has 0 bridgehead atoms. The standard InChI is InChI=1S/C23H30N4O3/c1-25(20-9-15-29-17-20)23(28)21-18-30-22(24-21)16-27-13-11-26(12-14-27)10-5-8-19-6-3-2-4-7-19/h2-8,18,20H,9-17H2,1H3/b8-5+/t20-/m1/s1. The number of piperazine rings is 1. The lowest BCUT2D eigenvalue weighted by molar-refractivity contribution is 0.0705. The lowest BCUT2D eigenvalue weighted by atomic mass is 10.2. The summed E-state index contributed by atoms with van der Waals surface area (Å²) in [4.78, 5) is 23.5. The van der Waals surface area contributed by atoms with Gasteiger partial charge in [0.25, 0.3) is 5.91 Å². The van der Waals surface area contributed by atoms with E-state index in [2.05, 4.69) is 51.2 Å². The third-order valence-electron chi connectivity index (χ3n) is 5.84. The van der Waals surface area contributed by atoms with Gasteiger partial charge in [0.05, 0.1) is 19.2 Å². The van der Waals surface area contributed by atoms with Crippen LogP contribution < -0.4 is 0 Å². The van der Waals surface area contributed by atoms with E-state index in [4.69, 9.17) is 9.15 Å². The molecule has 2 saturated heterocycles. The number of hydrogen-bond acceptors (Lipinski definition) is 6. The summed E-state index contributed by atoms with van der Waals surface area (Å²) in [6.07, 6.45) is 6.75. The van der Waals surface area contributed by atoms with Gasteiger partial charge in [0.1, 0.15) is 6.26 Å². The van der Waals surface area contributed by atoms with Crippen molar-refractivity contribution in [1.82, 2.24) is 19.7 Å². The largest absolute Gasteiger partial charge is 0.447 e. The van der Waals surface area contributed by atoms with Crippen molar-refractivity contribution in [3.8, 4) is 0 Å². The summed E-state index contributed by atoms with van der Waals surface area (Å²) in [6.45, 7) is 6.84. The first-order chi connectivity index (χ1) is 14.7. The van der Waals surface area contributed by atoms with Gasteiger partial charge in [-0.25, -0.2) is 4.98 Å². The summed E-state index contributed by atoms with van der Waals surface area (Å²) in [6, 6.07) is 10.5. The Morgan fingerprint density at radius 2 is 1.97 bits per heavy atom. The Hall–Kier alpha value is -2.48. The summed E-state index contributed by atoms with van der Waals surface area (Å²) in [5.74, 6) is 0.502. The van der Waals surface area contributed by atoms with Gasteiger partial charge in [-0.3, -0.25) is 14.6 Å². The van der Waals surface area contributed by atoms with E-state index < -0.39 is 0 Å². The van der Waals surface area contributed by atoms with E-state index in [9.17, 15) is 4.79 Å². The van der Waals surface area contributed by atoms with Crippen LogP contribution in [0.25, 0.3) is 6.08 Å². The highest BCUT2D eigenvalue weighted by Crippen LogP contribution is 2.15. The zero-order valence-electron chi connectivity index (χ0n) is 17.6. The number of rotatable bonds is 7. The number of nitrogens with zero attached hydrogens (tertiary/aromatic N) is 4. The predicted octanol–water partition coefficient (Wildman–Crippen LogP) is 2.37. The molecule has 3 heterocycles. The van der Waals surface area contributed by atoms with E-state index in [0.717, 1.165) is 39.1 Å². The van der Waals surface area contributed by atoms with Crippen molar-refractivity contribution in [1.29, 1.82) is 0 Å². The van der Waals surface area contributed by atoms with Crippen molar-refractivity contribution in [3.05, 3.63) is 59.8 Å². The molecule has 7 heteroatoms. The Labute approximate surface area is 177 Å². The first-order valence-electron chi connectivity index (χ1n) is 10.6. The van der Waals surface area contributed by atoms with E-state index in [1.807, 2.05) is 13.1 Å². The van der Waals surface area contributed by atoms with Crippen LogP contribution in [0.1, 0.15) is 28.4 Å². The molecular weight excluding hydrogens is 380 g/mol. The number of likely N-dealkylation sites (N-methyl/N-ethyl adjacent to an activating group) is 1. The molecule has 30 heavy (non-hydrogen) atoms. The molecule has 2 aromatic rings. The number of benzene rings is 1. The van der Waals surface area contributed by atoms with Gasteiger partial charge >= 0.3 is 0 Å². The lowest BCUT2D eigenvalue weighted by Gasteiger charge is -2.33. The van der Waals surface area contributed by atoms with Crippen molar-refractivity contribution < 1.29 is 13.9 Å². The number of oxazole rings is 1. The minimum absolute atomic E-state index is 0.101. The SMILES string of the molecule is CN(C(=O)c1coc(CN2CCN(C/C=C/c3ccccc3)CC2)n1)[C@@H]1CCOC1. The highest BCUT2D eigenvalue weighted by atomic mass is 16.5. The van der Waals surface area contributed by atoms with Crippen LogP contribution in [0.4, 0.5) is 0 Å². The Morgan fingerprint density at radius 3 is 2.70 bits per heavy atom. The van der Waals surface area contributed by atoms with Crippen LogP contribution >= 0.6 is 0 Å². The molecule has 1 amide bonds. The highest BCUT2D eigenvalue weighted by Gasteiger charge is 2.27. The van der Waals surface area contributed by atoms with Crippen LogP contribution in [0.2, 0.25) is 0 Å². The van der Waals surface area contributed by atoms with Crippen LogP contribution in [0, 0.1) is 0 Å². The fraction of sp³-hybridized carbons (Fsp3) is 0.478. The lowest BCUT2D eigenvalue weighted by Crippen LogP contribution is -2.45. The van der Waals surface area contributed by atoms with Crippen molar-refractivity contribution >= 4 is 12.0 Å². The van der Waals surface area contributed by atoms with Gasteiger partial charge in [0, 0.05) is 46.4 Å². The summed E-state index contributed by atoms with van der Waals surface area (Å²) in [7, 11) is 1.81. The molecule has 1 aromatic heterocycles. The molecule has 0 N–H and O–H groups in total. The molecule has 160 valence electrons. The number of hydrogen-bond donors (Lipinski definition) is 0. The first kappa shape index (κ1) is 20.8.